The molecule has 0 bridgehead atoms. The Kier molecular flexibility index (Phi) is 9.33. The first-order chi connectivity index (χ1) is 29.9. The number of hydrogen-bond acceptors (Lipinski definition) is 4. The quantitative estimate of drug-likeness (QED) is 0.156. The Hall–Kier alpha value is -5.22. The average Bonchev–Trinajstić information content (AvgIpc) is 3.63. The van der Waals surface area contributed by atoms with Crippen molar-refractivity contribution in [3.8, 4) is 33.6 Å². The number of aromatic nitrogens is 3. The third-order valence-electron chi connectivity index (χ3n) is 10.3. The Labute approximate surface area is 363 Å². The third-order valence-corrected chi connectivity index (χ3v) is 10.3. The molecule has 8 aromatic rings. The monoisotopic (exact) mass is 934 g/mol. The predicted molar refractivity (Wildman–Crippen MR) is 233 cm³/mol. The van der Waals surface area contributed by atoms with Gasteiger partial charge in [-0.1, -0.05) is 130 Å². The number of pyridine rings is 3. The van der Waals surface area contributed by atoms with Gasteiger partial charge in [-0.15, -0.1) is 47.5 Å². The largest absolute Gasteiger partial charge is 0.486 e. The van der Waals surface area contributed by atoms with E-state index in [-0.39, 0.29) is 53.7 Å². The van der Waals surface area contributed by atoms with E-state index in [0.717, 1.165) is 22.4 Å². The number of benzene rings is 4. The smallest absolute Gasteiger partial charge is 0.216 e. The Bertz CT molecular complexity index is 2990. The molecule has 0 spiro atoms. The maximum atomic E-state index is 9.39. The van der Waals surface area contributed by atoms with E-state index in [9.17, 15) is 2.74 Å². The molecule has 0 aliphatic carbocycles. The van der Waals surface area contributed by atoms with Crippen molar-refractivity contribution in [3.63, 3.8) is 0 Å². The second kappa shape index (κ2) is 16.7. The zero-order chi connectivity index (χ0) is 46.6. The zero-order valence-corrected chi connectivity index (χ0v) is 35.9. The van der Waals surface area contributed by atoms with Gasteiger partial charge >= 0.3 is 0 Å². The average molecular weight is 934 g/mol. The maximum absolute atomic E-state index is 9.39. The summed E-state index contributed by atoms with van der Waals surface area (Å²) in [4.78, 5) is 13.2. The Balaban J connectivity index is 0.000000266. The SMILES string of the molecule is Cc1cnc(-c2[c-]cc(C)c(-c3ccccc3)c2)cc1C.[2H]C([2H])([2H])c1ccc2c(n1)oc1c(-c3cc(C([2H])([2H])C(C)(C)c4ccc(C(C)(C)C)cc4)c(C([2H])([2H])[2H])cn3)[c-]ccc12.[Ir]. The number of fused-ring (bicyclic) bond motifs is 3. The second-order valence-electron chi connectivity index (χ2n) is 15.9. The van der Waals surface area contributed by atoms with Crippen LogP contribution in [0.25, 0.3) is 55.7 Å². The first kappa shape index (κ1) is 31.8. The van der Waals surface area contributed by atoms with Crippen molar-refractivity contribution in [1.29, 1.82) is 0 Å². The van der Waals surface area contributed by atoms with Crippen molar-refractivity contribution < 1.29 is 35.5 Å². The van der Waals surface area contributed by atoms with Crippen LogP contribution in [0.1, 0.15) is 90.2 Å². The molecule has 4 heterocycles. The summed E-state index contributed by atoms with van der Waals surface area (Å²) in [6, 6.07) is 39.0. The molecular formula is C52H51IrN3O-2. The fourth-order valence-corrected chi connectivity index (χ4v) is 6.72. The van der Waals surface area contributed by atoms with Gasteiger partial charge in [0.1, 0.15) is 0 Å². The first-order valence-electron chi connectivity index (χ1n) is 22.8. The van der Waals surface area contributed by atoms with Crippen molar-refractivity contribution in [3.05, 3.63) is 172 Å². The van der Waals surface area contributed by atoms with Crippen LogP contribution in [0.5, 0.6) is 0 Å². The molecule has 4 aromatic carbocycles. The van der Waals surface area contributed by atoms with Crippen LogP contribution in [0.3, 0.4) is 0 Å². The van der Waals surface area contributed by atoms with E-state index in [2.05, 4.69) is 111 Å². The molecule has 8 rings (SSSR count). The maximum Gasteiger partial charge on any atom is 0.216 e. The minimum Gasteiger partial charge on any atom is -0.486 e. The Morgan fingerprint density at radius 3 is 2.12 bits per heavy atom. The fraction of sp³-hybridized carbons (Fsp3) is 0.250. The molecule has 0 saturated carbocycles. The van der Waals surface area contributed by atoms with E-state index in [1.54, 1.807) is 32.0 Å². The number of aryl methyl sites for hydroxylation is 5. The van der Waals surface area contributed by atoms with Crippen molar-refractivity contribution >= 4 is 22.1 Å². The minimum atomic E-state index is -2.62. The molecule has 0 atom stereocenters. The van der Waals surface area contributed by atoms with Gasteiger partial charge in [-0.3, -0.25) is 0 Å². The molecule has 0 N–H and O–H groups in total. The second-order valence-corrected chi connectivity index (χ2v) is 15.9. The van der Waals surface area contributed by atoms with E-state index in [1.807, 2.05) is 36.5 Å². The molecule has 4 nitrogen and oxygen atoms in total. The minimum absolute atomic E-state index is 0. The van der Waals surface area contributed by atoms with E-state index in [0.29, 0.717) is 21.9 Å². The molecule has 5 heteroatoms. The van der Waals surface area contributed by atoms with Gasteiger partial charge in [0.05, 0.1) is 5.58 Å². The van der Waals surface area contributed by atoms with Crippen LogP contribution in [0, 0.1) is 46.6 Å². The summed E-state index contributed by atoms with van der Waals surface area (Å²) in [5.41, 5.74) is 9.67. The van der Waals surface area contributed by atoms with Gasteiger partial charge in [0, 0.05) is 54.5 Å². The predicted octanol–water partition coefficient (Wildman–Crippen LogP) is 13.4. The van der Waals surface area contributed by atoms with Crippen LogP contribution < -0.4 is 0 Å². The van der Waals surface area contributed by atoms with E-state index in [1.165, 1.54) is 46.1 Å². The number of nitrogens with zero attached hydrogens (tertiary/aromatic N) is 3. The van der Waals surface area contributed by atoms with Gasteiger partial charge in [0.15, 0.2) is 0 Å². The number of rotatable bonds is 6. The molecule has 0 saturated heterocycles. The van der Waals surface area contributed by atoms with Gasteiger partial charge in [0.2, 0.25) is 5.71 Å². The van der Waals surface area contributed by atoms with Crippen LogP contribution in [-0.2, 0) is 37.3 Å². The Morgan fingerprint density at radius 1 is 0.702 bits per heavy atom. The van der Waals surface area contributed by atoms with Gasteiger partial charge in [-0.2, -0.15) is 0 Å². The fourth-order valence-electron chi connectivity index (χ4n) is 6.72. The van der Waals surface area contributed by atoms with Crippen LogP contribution in [0.15, 0.2) is 120 Å². The summed E-state index contributed by atoms with van der Waals surface area (Å²) in [7, 11) is 0. The summed E-state index contributed by atoms with van der Waals surface area (Å²) in [6.07, 6.45) is 0.991. The standard InChI is InChI=1S/C32H33N2O.C20H18N.Ir/c1-20-19-33-28(27-10-8-9-25-26-16-11-21(2)34-30(26)35-29(25)27)17-22(20)18-32(6,7)24-14-12-23(13-15-24)31(3,4)5;1-14-9-10-18(20-11-15(2)16(3)13-21-20)12-19(14)17-7-5-4-6-8-17;/h8-9,11-17,19H,18H2,1-7H3;4-9,11-13H,1-3H3;/q2*-1;/i1D3,2D3,18D2;;. The van der Waals surface area contributed by atoms with Crippen LogP contribution in [0.2, 0.25) is 0 Å². The van der Waals surface area contributed by atoms with E-state index < -0.39 is 25.5 Å². The van der Waals surface area contributed by atoms with Crippen LogP contribution in [0.4, 0.5) is 0 Å². The van der Waals surface area contributed by atoms with Crippen molar-refractivity contribution in [2.75, 3.05) is 0 Å². The van der Waals surface area contributed by atoms with Crippen LogP contribution in [-0.4, -0.2) is 15.0 Å². The van der Waals surface area contributed by atoms with Gasteiger partial charge in [0.25, 0.3) is 0 Å². The van der Waals surface area contributed by atoms with E-state index >= 15 is 0 Å². The molecule has 1 radical (unpaired) electrons. The molecular weight excluding hydrogens is 875 g/mol. The van der Waals surface area contributed by atoms with E-state index in [4.69, 9.17) is 12.6 Å². The van der Waals surface area contributed by atoms with Crippen molar-refractivity contribution in [2.45, 2.75) is 86.3 Å². The molecule has 0 aliphatic rings. The number of hydrogen-bond donors (Lipinski definition) is 0. The van der Waals surface area contributed by atoms with Gasteiger partial charge in [-0.05, 0) is 102 Å². The zero-order valence-electron chi connectivity index (χ0n) is 41.6. The normalized spacial score (nSPS) is 14.4. The summed E-state index contributed by atoms with van der Waals surface area (Å²) >= 11 is 0. The molecule has 57 heavy (non-hydrogen) atoms. The first-order valence-corrected chi connectivity index (χ1v) is 18.8. The summed E-state index contributed by atoms with van der Waals surface area (Å²) in [5.74, 6) is 0. The molecule has 4 aromatic heterocycles. The third kappa shape index (κ3) is 9.01. The topological polar surface area (TPSA) is 51.8 Å². The molecule has 291 valence electrons. The van der Waals surface area contributed by atoms with Gasteiger partial charge < -0.3 is 14.4 Å². The number of furan rings is 1. The molecule has 0 aliphatic heterocycles. The summed E-state index contributed by atoms with van der Waals surface area (Å²) in [5, 5.41) is 1.26. The molecule has 0 amide bonds. The van der Waals surface area contributed by atoms with Gasteiger partial charge in [-0.25, -0.2) is 4.98 Å². The summed E-state index contributed by atoms with van der Waals surface area (Å²) in [6.45, 7) is 11.1. The molecule has 0 fully saturated rings. The van der Waals surface area contributed by atoms with Crippen molar-refractivity contribution in [1.82, 2.24) is 15.0 Å². The van der Waals surface area contributed by atoms with Crippen LogP contribution >= 0.6 is 0 Å². The summed E-state index contributed by atoms with van der Waals surface area (Å²) < 4.78 is 72.5. The Morgan fingerprint density at radius 2 is 1.42 bits per heavy atom. The van der Waals surface area contributed by atoms with Crippen molar-refractivity contribution in [2.24, 2.45) is 0 Å². The molecule has 0 unspecified atom stereocenters.